The van der Waals surface area contributed by atoms with Crippen LogP contribution in [0.1, 0.15) is 33.2 Å². The van der Waals surface area contributed by atoms with E-state index in [9.17, 15) is 19.8 Å². The molecule has 3 N–H and O–H groups in total. The van der Waals surface area contributed by atoms with Gasteiger partial charge in [-0.15, -0.1) is 0 Å². The van der Waals surface area contributed by atoms with E-state index in [0.29, 0.717) is 28.0 Å². The number of hydrogen-bond acceptors (Lipinski definition) is 7. The van der Waals surface area contributed by atoms with Gasteiger partial charge in [0, 0.05) is 16.1 Å². The zero-order chi connectivity index (χ0) is 23.1. The number of carbonyl (C=O) groups is 2. The van der Waals surface area contributed by atoms with Crippen LogP contribution in [0.4, 0.5) is 0 Å². The minimum absolute atomic E-state index is 0.0589. The summed E-state index contributed by atoms with van der Waals surface area (Å²) in [6, 6.07) is 15.1. The minimum atomic E-state index is -0.679. The number of rotatable bonds is 7. The Morgan fingerprint density at radius 3 is 2.50 bits per heavy atom. The number of phenolic OH excluding ortho intramolecular Hbond substituents is 2. The SMILES string of the molecule is CCOc1ccc(C(=O)Oc2ccc(Br)cc2/C=N/NC(=O)c2ccc(O)cc2O)cc1. The number of carbonyl (C=O) groups excluding carboxylic acids is 2. The van der Waals surface area contributed by atoms with Gasteiger partial charge in [0.2, 0.25) is 0 Å². The maximum Gasteiger partial charge on any atom is 0.343 e. The average Bonchev–Trinajstić information content (AvgIpc) is 2.76. The van der Waals surface area contributed by atoms with E-state index in [1.165, 1.54) is 18.3 Å². The van der Waals surface area contributed by atoms with Crippen molar-refractivity contribution in [2.75, 3.05) is 6.61 Å². The number of benzene rings is 3. The van der Waals surface area contributed by atoms with E-state index in [-0.39, 0.29) is 22.8 Å². The van der Waals surface area contributed by atoms with Crippen LogP contribution in [-0.2, 0) is 0 Å². The van der Waals surface area contributed by atoms with Crippen molar-refractivity contribution < 1.29 is 29.3 Å². The summed E-state index contributed by atoms with van der Waals surface area (Å²) in [5.41, 5.74) is 2.99. The Balaban J connectivity index is 1.73. The van der Waals surface area contributed by atoms with Crippen molar-refractivity contribution >= 4 is 34.0 Å². The second kappa shape index (κ2) is 10.5. The highest BCUT2D eigenvalue weighted by molar-refractivity contribution is 9.10. The van der Waals surface area contributed by atoms with Crippen LogP contribution in [-0.4, -0.2) is 34.9 Å². The lowest BCUT2D eigenvalue weighted by Gasteiger charge is -2.09. The van der Waals surface area contributed by atoms with E-state index in [1.54, 1.807) is 42.5 Å². The number of aromatic hydroxyl groups is 2. The van der Waals surface area contributed by atoms with Crippen LogP contribution < -0.4 is 14.9 Å². The summed E-state index contributed by atoms with van der Waals surface area (Å²) in [7, 11) is 0. The molecule has 8 nitrogen and oxygen atoms in total. The van der Waals surface area contributed by atoms with E-state index >= 15 is 0 Å². The first-order valence-corrected chi connectivity index (χ1v) is 10.3. The zero-order valence-corrected chi connectivity index (χ0v) is 18.5. The molecule has 9 heteroatoms. The van der Waals surface area contributed by atoms with E-state index in [2.05, 4.69) is 26.5 Å². The molecule has 0 aliphatic heterocycles. The van der Waals surface area contributed by atoms with Crippen molar-refractivity contribution in [3.05, 3.63) is 81.8 Å². The molecule has 0 saturated carbocycles. The van der Waals surface area contributed by atoms with Crippen LogP contribution in [0.2, 0.25) is 0 Å². The second-order valence-electron chi connectivity index (χ2n) is 6.43. The lowest BCUT2D eigenvalue weighted by atomic mass is 10.2. The van der Waals surface area contributed by atoms with Gasteiger partial charge in [-0.2, -0.15) is 5.10 Å². The summed E-state index contributed by atoms with van der Waals surface area (Å²) < 4.78 is 11.6. The second-order valence-corrected chi connectivity index (χ2v) is 7.35. The lowest BCUT2D eigenvalue weighted by molar-refractivity contribution is 0.0734. The van der Waals surface area contributed by atoms with Gasteiger partial charge in [0.15, 0.2) is 0 Å². The normalized spacial score (nSPS) is 10.7. The molecule has 164 valence electrons. The Morgan fingerprint density at radius 1 is 1.06 bits per heavy atom. The van der Waals surface area contributed by atoms with E-state index < -0.39 is 11.9 Å². The number of amides is 1. The molecular weight excluding hydrogens is 480 g/mol. The zero-order valence-electron chi connectivity index (χ0n) is 16.9. The molecule has 0 heterocycles. The Hall–Kier alpha value is -3.85. The van der Waals surface area contributed by atoms with Gasteiger partial charge >= 0.3 is 5.97 Å². The Labute approximate surface area is 192 Å². The highest BCUT2D eigenvalue weighted by Gasteiger charge is 2.13. The number of phenols is 2. The Morgan fingerprint density at radius 2 is 1.81 bits per heavy atom. The quantitative estimate of drug-likeness (QED) is 0.194. The van der Waals surface area contributed by atoms with Crippen LogP contribution in [0.15, 0.2) is 70.2 Å². The third-order valence-electron chi connectivity index (χ3n) is 4.17. The first kappa shape index (κ1) is 22.8. The summed E-state index contributed by atoms with van der Waals surface area (Å²) in [4.78, 5) is 24.7. The van der Waals surface area contributed by atoms with Crippen LogP contribution >= 0.6 is 15.9 Å². The smallest absolute Gasteiger partial charge is 0.343 e. The molecule has 0 atom stereocenters. The average molecular weight is 499 g/mol. The molecule has 0 aliphatic carbocycles. The number of hydrogen-bond donors (Lipinski definition) is 3. The minimum Gasteiger partial charge on any atom is -0.508 e. The molecule has 1 amide bonds. The van der Waals surface area contributed by atoms with Crippen molar-refractivity contribution in [1.29, 1.82) is 0 Å². The molecule has 3 aromatic rings. The summed E-state index contributed by atoms with van der Waals surface area (Å²) in [5, 5.41) is 23.0. The first-order valence-electron chi connectivity index (χ1n) is 9.47. The van der Waals surface area contributed by atoms with Crippen molar-refractivity contribution in [3.8, 4) is 23.0 Å². The lowest BCUT2D eigenvalue weighted by Crippen LogP contribution is -2.18. The fourth-order valence-corrected chi connectivity index (χ4v) is 3.04. The van der Waals surface area contributed by atoms with Crippen molar-refractivity contribution in [3.63, 3.8) is 0 Å². The van der Waals surface area contributed by atoms with Crippen LogP contribution in [0, 0.1) is 0 Å². The maximum atomic E-state index is 12.5. The van der Waals surface area contributed by atoms with Gasteiger partial charge in [-0.3, -0.25) is 4.79 Å². The van der Waals surface area contributed by atoms with Gasteiger partial charge in [-0.1, -0.05) is 15.9 Å². The number of halogens is 1. The molecule has 0 aromatic heterocycles. The first-order chi connectivity index (χ1) is 15.4. The predicted molar refractivity (Wildman–Crippen MR) is 122 cm³/mol. The summed E-state index contributed by atoms with van der Waals surface area (Å²) >= 11 is 3.34. The molecule has 0 fully saturated rings. The summed E-state index contributed by atoms with van der Waals surface area (Å²) in [6.07, 6.45) is 1.31. The molecule has 0 aliphatic rings. The molecule has 0 radical (unpaired) electrons. The third kappa shape index (κ3) is 5.86. The molecule has 0 unspecified atom stereocenters. The maximum absolute atomic E-state index is 12.5. The predicted octanol–water partition coefficient (Wildman–Crippen LogP) is 4.24. The van der Waals surface area contributed by atoms with Crippen LogP contribution in [0.25, 0.3) is 0 Å². The van der Waals surface area contributed by atoms with Gasteiger partial charge in [-0.05, 0) is 61.5 Å². The number of esters is 1. The Kier molecular flexibility index (Phi) is 7.45. The van der Waals surface area contributed by atoms with Gasteiger partial charge in [0.05, 0.1) is 23.9 Å². The van der Waals surface area contributed by atoms with Crippen molar-refractivity contribution in [1.82, 2.24) is 5.43 Å². The summed E-state index contributed by atoms with van der Waals surface area (Å²) in [6.45, 7) is 2.39. The van der Waals surface area contributed by atoms with Gasteiger partial charge in [0.1, 0.15) is 23.0 Å². The number of hydrazone groups is 1. The van der Waals surface area contributed by atoms with Crippen molar-refractivity contribution in [2.24, 2.45) is 5.10 Å². The Bertz CT molecular complexity index is 1160. The highest BCUT2D eigenvalue weighted by Crippen LogP contribution is 2.24. The fraction of sp³-hybridized carbons (Fsp3) is 0.0870. The van der Waals surface area contributed by atoms with Gasteiger partial charge < -0.3 is 19.7 Å². The number of nitrogens with one attached hydrogen (secondary N) is 1. The van der Waals surface area contributed by atoms with E-state index in [1.807, 2.05) is 6.92 Å². The highest BCUT2D eigenvalue weighted by atomic mass is 79.9. The van der Waals surface area contributed by atoms with E-state index in [0.717, 1.165) is 6.07 Å². The van der Waals surface area contributed by atoms with Crippen LogP contribution in [0.5, 0.6) is 23.0 Å². The standard InChI is InChI=1S/C23H19BrN2O6/c1-2-31-18-7-3-14(4-8-18)23(30)32-21-10-5-16(24)11-15(21)13-25-26-22(29)19-9-6-17(27)12-20(19)28/h3-13,27-28H,2H2,1H3,(H,26,29)/b25-13+. The number of ether oxygens (including phenoxy) is 2. The monoisotopic (exact) mass is 498 g/mol. The van der Waals surface area contributed by atoms with Gasteiger partial charge in [-0.25, -0.2) is 10.2 Å². The molecule has 0 saturated heterocycles. The van der Waals surface area contributed by atoms with E-state index in [4.69, 9.17) is 9.47 Å². The van der Waals surface area contributed by atoms with Gasteiger partial charge in [0.25, 0.3) is 5.91 Å². The third-order valence-corrected chi connectivity index (χ3v) is 4.66. The molecule has 0 bridgehead atoms. The molecule has 3 rings (SSSR count). The fourth-order valence-electron chi connectivity index (χ4n) is 2.66. The van der Waals surface area contributed by atoms with Crippen molar-refractivity contribution in [2.45, 2.75) is 6.92 Å². The molecule has 32 heavy (non-hydrogen) atoms. The molecule has 3 aromatic carbocycles. The molecular formula is C23H19BrN2O6. The summed E-state index contributed by atoms with van der Waals surface area (Å²) in [5.74, 6) is -0.918. The number of nitrogens with zero attached hydrogens (tertiary/aromatic N) is 1. The van der Waals surface area contributed by atoms with Crippen LogP contribution in [0.3, 0.4) is 0 Å². The largest absolute Gasteiger partial charge is 0.508 e. The topological polar surface area (TPSA) is 117 Å². The molecule has 0 spiro atoms.